The zero-order chi connectivity index (χ0) is 21.1. The number of carbonyl (C=O) groups is 3. The van der Waals surface area contributed by atoms with E-state index < -0.39 is 46.2 Å². The van der Waals surface area contributed by atoms with E-state index >= 15 is 0 Å². The van der Waals surface area contributed by atoms with Crippen molar-refractivity contribution in [1.82, 2.24) is 15.3 Å². The number of esters is 1. The summed E-state index contributed by atoms with van der Waals surface area (Å²) in [5.41, 5.74) is 0.558. The standard InChI is InChI=1S/C16H24FN3O7S/c1-4-26-15(22)13(17)27-20-11-8-10(2)12(19(9-11)16(20)23)14(21)18-6-5-7-28(3,24)25/h8,11-13H,4-7,9H2,1-3H3,(H,18,21)/t11-,12+,13-/m1/s1. The largest absolute Gasteiger partial charge is 0.462 e. The highest BCUT2D eigenvalue weighted by Crippen LogP contribution is 2.30. The van der Waals surface area contributed by atoms with Crippen molar-refractivity contribution < 1.29 is 36.8 Å². The predicted molar refractivity (Wildman–Crippen MR) is 95.2 cm³/mol. The Morgan fingerprint density at radius 2 is 2.11 bits per heavy atom. The van der Waals surface area contributed by atoms with Gasteiger partial charge in [-0.05, 0) is 25.8 Å². The van der Waals surface area contributed by atoms with Gasteiger partial charge in [-0.25, -0.2) is 27.2 Å². The molecule has 0 aromatic rings. The summed E-state index contributed by atoms with van der Waals surface area (Å²) in [7, 11) is -3.13. The van der Waals surface area contributed by atoms with E-state index in [9.17, 15) is 27.2 Å². The second kappa shape index (κ2) is 8.86. The molecule has 2 aliphatic heterocycles. The summed E-state index contributed by atoms with van der Waals surface area (Å²) in [4.78, 5) is 42.4. The molecule has 158 valence electrons. The number of nitrogens with zero attached hydrogens (tertiary/aromatic N) is 2. The van der Waals surface area contributed by atoms with Crippen molar-refractivity contribution in [3.63, 3.8) is 0 Å². The summed E-state index contributed by atoms with van der Waals surface area (Å²) in [5.74, 6) is -1.78. The van der Waals surface area contributed by atoms with Crippen LogP contribution in [-0.4, -0.2) is 86.4 Å². The number of carbonyl (C=O) groups excluding carboxylic acids is 3. The summed E-state index contributed by atoms with van der Waals surface area (Å²) >= 11 is 0. The quantitative estimate of drug-likeness (QED) is 0.310. The van der Waals surface area contributed by atoms with Crippen LogP contribution in [0.2, 0.25) is 0 Å². The molecule has 2 heterocycles. The van der Waals surface area contributed by atoms with Crippen LogP contribution < -0.4 is 5.32 Å². The van der Waals surface area contributed by atoms with Gasteiger partial charge in [-0.1, -0.05) is 6.08 Å². The van der Waals surface area contributed by atoms with Gasteiger partial charge in [0.05, 0.1) is 24.9 Å². The van der Waals surface area contributed by atoms with Gasteiger partial charge in [-0.2, -0.15) is 5.06 Å². The van der Waals surface area contributed by atoms with E-state index in [-0.39, 0.29) is 31.9 Å². The van der Waals surface area contributed by atoms with Crippen LogP contribution in [0.3, 0.4) is 0 Å². The van der Waals surface area contributed by atoms with Gasteiger partial charge in [-0.3, -0.25) is 4.79 Å². The molecule has 1 fully saturated rings. The fourth-order valence-electron chi connectivity index (χ4n) is 3.06. The molecule has 0 unspecified atom stereocenters. The Labute approximate surface area is 162 Å². The van der Waals surface area contributed by atoms with E-state index in [1.165, 1.54) is 11.8 Å². The van der Waals surface area contributed by atoms with Crippen molar-refractivity contribution >= 4 is 27.7 Å². The number of fused-ring (bicyclic) bond motifs is 2. The molecule has 0 spiro atoms. The third-order valence-electron chi connectivity index (χ3n) is 4.23. The number of sulfone groups is 1. The number of amides is 3. The zero-order valence-electron chi connectivity index (χ0n) is 15.9. The van der Waals surface area contributed by atoms with Crippen molar-refractivity contribution in [2.45, 2.75) is 38.7 Å². The lowest BCUT2D eigenvalue weighted by molar-refractivity contribution is -0.223. The third kappa shape index (κ3) is 5.19. The van der Waals surface area contributed by atoms with Gasteiger partial charge in [0, 0.05) is 12.8 Å². The van der Waals surface area contributed by atoms with Crippen molar-refractivity contribution in [2.75, 3.05) is 31.7 Å². The number of rotatable bonds is 9. The molecular formula is C16H24FN3O7S. The number of nitrogens with one attached hydrogen (secondary N) is 1. The fourth-order valence-corrected chi connectivity index (χ4v) is 3.73. The smallest absolute Gasteiger partial charge is 0.370 e. The molecule has 0 aromatic carbocycles. The molecule has 10 nitrogen and oxygen atoms in total. The lowest BCUT2D eigenvalue weighted by atomic mass is 10.00. The Hall–Kier alpha value is -2.21. The van der Waals surface area contributed by atoms with Crippen LogP contribution in [0.25, 0.3) is 0 Å². The molecule has 1 N–H and O–H groups in total. The van der Waals surface area contributed by atoms with Crippen molar-refractivity contribution in [1.29, 1.82) is 0 Å². The van der Waals surface area contributed by atoms with Gasteiger partial charge in [-0.15, -0.1) is 0 Å². The SMILES string of the molecule is CCOC(=O)[C@H](F)ON1C(=O)N2C[C@H]1C=C(C)[C@H]2C(=O)NCCCS(C)(=O)=O. The molecular weight excluding hydrogens is 397 g/mol. The first-order chi connectivity index (χ1) is 13.0. The van der Waals surface area contributed by atoms with Gasteiger partial charge in [0.25, 0.3) is 0 Å². The first kappa shape index (κ1) is 22.1. The van der Waals surface area contributed by atoms with Gasteiger partial charge in [0.2, 0.25) is 5.91 Å². The second-order valence-electron chi connectivity index (χ2n) is 6.59. The minimum atomic E-state index is -3.13. The van der Waals surface area contributed by atoms with Gasteiger partial charge in [0.1, 0.15) is 15.9 Å². The number of ether oxygens (including phenoxy) is 1. The molecule has 12 heteroatoms. The monoisotopic (exact) mass is 421 g/mol. The Morgan fingerprint density at radius 1 is 1.43 bits per heavy atom. The van der Waals surface area contributed by atoms with Gasteiger partial charge in [0.15, 0.2) is 0 Å². The molecule has 2 rings (SSSR count). The van der Waals surface area contributed by atoms with Crippen LogP contribution in [0.15, 0.2) is 11.6 Å². The molecule has 3 amide bonds. The second-order valence-corrected chi connectivity index (χ2v) is 8.85. The van der Waals surface area contributed by atoms with E-state index in [2.05, 4.69) is 10.1 Å². The molecule has 2 aliphatic rings. The lowest BCUT2D eigenvalue weighted by Gasteiger charge is -2.29. The zero-order valence-corrected chi connectivity index (χ0v) is 16.7. The van der Waals surface area contributed by atoms with Crippen molar-refractivity contribution in [2.24, 2.45) is 0 Å². The summed E-state index contributed by atoms with van der Waals surface area (Å²) < 4.78 is 40.6. The fraction of sp³-hybridized carbons (Fsp3) is 0.688. The van der Waals surface area contributed by atoms with E-state index in [1.54, 1.807) is 13.0 Å². The number of hydrogen-bond acceptors (Lipinski definition) is 7. The molecule has 0 aliphatic carbocycles. The highest BCUT2D eigenvalue weighted by molar-refractivity contribution is 7.90. The summed E-state index contributed by atoms with van der Waals surface area (Å²) in [6, 6.07) is -2.31. The average molecular weight is 421 g/mol. The molecule has 28 heavy (non-hydrogen) atoms. The number of urea groups is 1. The number of halogens is 1. The highest BCUT2D eigenvalue weighted by Gasteiger charge is 2.48. The molecule has 0 radical (unpaired) electrons. The summed E-state index contributed by atoms with van der Waals surface area (Å²) in [5, 5.41) is 3.33. The van der Waals surface area contributed by atoms with Crippen LogP contribution in [0.1, 0.15) is 20.3 Å². The molecule has 3 atom stereocenters. The van der Waals surface area contributed by atoms with Crippen molar-refractivity contribution in [3.8, 4) is 0 Å². The predicted octanol–water partition coefficient (Wildman–Crippen LogP) is -0.238. The lowest BCUT2D eigenvalue weighted by Crippen LogP contribution is -2.50. The molecule has 1 saturated heterocycles. The Kier molecular flexibility index (Phi) is 6.99. The minimum absolute atomic E-state index is 0.0350. The average Bonchev–Trinajstić information content (AvgIpc) is 2.83. The van der Waals surface area contributed by atoms with Gasteiger partial charge < -0.3 is 15.0 Å². The Balaban J connectivity index is 1.99. The molecule has 0 saturated carbocycles. The normalized spacial score (nSPS) is 22.7. The third-order valence-corrected chi connectivity index (χ3v) is 5.27. The number of alkyl halides is 1. The van der Waals surface area contributed by atoms with Crippen molar-refractivity contribution in [3.05, 3.63) is 11.6 Å². The van der Waals surface area contributed by atoms with Gasteiger partial charge >= 0.3 is 18.4 Å². The Morgan fingerprint density at radius 3 is 2.71 bits per heavy atom. The maximum atomic E-state index is 13.9. The molecule has 2 bridgehead atoms. The number of hydrogen-bond donors (Lipinski definition) is 1. The maximum Gasteiger partial charge on any atom is 0.370 e. The topological polar surface area (TPSA) is 122 Å². The van der Waals surface area contributed by atoms with Crippen LogP contribution in [0.5, 0.6) is 0 Å². The van der Waals surface area contributed by atoms with Crippen LogP contribution in [-0.2, 0) is 29.0 Å². The maximum absolute atomic E-state index is 13.9. The summed E-state index contributed by atoms with van der Waals surface area (Å²) in [6.07, 6.45) is 0.491. The Bertz CT molecular complexity index is 770. The first-order valence-corrected chi connectivity index (χ1v) is 10.8. The molecule has 0 aromatic heterocycles. The van der Waals surface area contributed by atoms with Crippen LogP contribution in [0.4, 0.5) is 9.18 Å². The van der Waals surface area contributed by atoms with E-state index in [4.69, 9.17) is 4.84 Å². The number of hydroxylamine groups is 2. The van der Waals surface area contributed by atoms with E-state index in [1.807, 2.05) is 0 Å². The highest BCUT2D eigenvalue weighted by atomic mass is 32.2. The van der Waals surface area contributed by atoms with Crippen LogP contribution in [0, 0.1) is 0 Å². The summed E-state index contributed by atoms with van der Waals surface area (Å²) in [6.45, 7) is 3.35. The minimum Gasteiger partial charge on any atom is -0.462 e. The van der Waals surface area contributed by atoms with E-state index in [0.717, 1.165) is 11.3 Å². The first-order valence-electron chi connectivity index (χ1n) is 8.76. The van der Waals surface area contributed by atoms with E-state index in [0.29, 0.717) is 5.57 Å². The van der Waals surface area contributed by atoms with Crippen LogP contribution >= 0.6 is 0 Å².